The topological polar surface area (TPSA) is 78.0 Å². The Bertz CT molecular complexity index is 464. The molecular weight excluding hydrogens is 182 g/mol. The van der Waals surface area contributed by atoms with Crippen LogP contribution < -0.4 is 5.32 Å². The molecule has 0 fully saturated rings. The highest BCUT2D eigenvalue weighted by Crippen LogP contribution is 2.16. The van der Waals surface area contributed by atoms with E-state index in [1.807, 2.05) is 6.07 Å². The van der Waals surface area contributed by atoms with Gasteiger partial charge in [-0.3, -0.25) is 9.89 Å². The number of H-pyrrole nitrogens is 1. The minimum Gasteiger partial charge on any atom is -0.387 e. The van der Waals surface area contributed by atoms with Crippen molar-refractivity contribution in [2.45, 2.75) is 0 Å². The van der Waals surface area contributed by atoms with Crippen molar-refractivity contribution in [1.29, 1.82) is 0 Å². The largest absolute Gasteiger partial charge is 0.387 e. The third-order valence-electron chi connectivity index (χ3n) is 1.87. The third kappa shape index (κ3) is 1.57. The van der Waals surface area contributed by atoms with Crippen LogP contribution in [0.3, 0.4) is 0 Å². The highest BCUT2D eigenvalue weighted by molar-refractivity contribution is 5.93. The summed E-state index contributed by atoms with van der Waals surface area (Å²) in [6.07, 6.45) is 1.70. The number of fused-ring (bicyclic) bond motifs is 1. The summed E-state index contributed by atoms with van der Waals surface area (Å²) < 4.78 is 0. The van der Waals surface area contributed by atoms with Gasteiger partial charge in [-0.05, 0) is 18.2 Å². The minimum atomic E-state index is -0.513. The number of carbonyl (C=O) groups is 1. The molecule has 0 aliphatic carbocycles. The van der Waals surface area contributed by atoms with Crippen molar-refractivity contribution in [1.82, 2.24) is 10.2 Å². The van der Waals surface area contributed by atoms with Crippen LogP contribution in [-0.4, -0.2) is 27.8 Å². The summed E-state index contributed by atoms with van der Waals surface area (Å²) in [7, 11) is 0. The molecule has 0 atom stereocenters. The number of carbonyl (C=O) groups excluding carboxylic acids is 1. The Hall–Kier alpha value is -1.88. The number of anilines is 1. The van der Waals surface area contributed by atoms with Crippen molar-refractivity contribution in [3.8, 4) is 0 Å². The van der Waals surface area contributed by atoms with Gasteiger partial charge < -0.3 is 10.4 Å². The van der Waals surface area contributed by atoms with Crippen LogP contribution in [-0.2, 0) is 4.79 Å². The fourth-order valence-corrected chi connectivity index (χ4v) is 1.22. The van der Waals surface area contributed by atoms with Crippen LogP contribution in [0.2, 0.25) is 0 Å². The molecular formula is C9H9N3O2. The van der Waals surface area contributed by atoms with E-state index < -0.39 is 12.5 Å². The highest BCUT2D eigenvalue weighted by atomic mass is 16.3. The molecule has 0 aliphatic rings. The molecule has 0 bridgehead atoms. The van der Waals surface area contributed by atoms with Crippen LogP contribution in [0.1, 0.15) is 0 Å². The average Bonchev–Trinajstić information content (AvgIpc) is 2.64. The molecule has 1 aromatic heterocycles. The molecule has 0 saturated heterocycles. The molecule has 2 rings (SSSR count). The van der Waals surface area contributed by atoms with E-state index in [1.165, 1.54) is 0 Å². The Morgan fingerprint density at radius 3 is 3.21 bits per heavy atom. The zero-order chi connectivity index (χ0) is 9.97. The van der Waals surface area contributed by atoms with Gasteiger partial charge in [0.2, 0.25) is 5.91 Å². The molecule has 0 radical (unpaired) electrons. The standard InChI is InChI=1S/C9H9N3O2/c13-5-9(14)11-7-2-1-6-4-10-12-8(6)3-7/h1-4,13H,5H2,(H,10,12)(H,11,14). The normalized spacial score (nSPS) is 10.4. The number of aliphatic hydroxyl groups is 1. The maximum absolute atomic E-state index is 10.9. The smallest absolute Gasteiger partial charge is 0.250 e. The highest BCUT2D eigenvalue weighted by Gasteiger charge is 2.01. The first-order chi connectivity index (χ1) is 6.79. The van der Waals surface area contributed by atoms with Gasteiger partial charge in [0.1, 0.15) is 6.61 Å². The Kier molecular flexibility index (Phi) is 2.16. The number of hydrogen-bond donors (Lipinski definition) is 3. The van der Waals surface area contributed by atoms with Gasteiger partial charge in [0.05, 0.1) is 11.7 Å². The van der Waals surface area contributed by atoms with E-state index in [1.54, 1.807) is 18.3 Å². The molecule has 1 heterocycles. The van der Waals surface area contributed by atoms with E-state index in [0.717, 1.165) is 10.9 Å². The fraction of sp³-hybridized carbons (Fsp3) is 0.111. The monoisotopic (exact) mass is 191 g/mol. The molecule has 0 unspecified atom stereocenters. The number of nitrogens with zero attached hydrogens (tertiary/aromatic N) is 1. The van der Waals surface area contributed by atoms with Gasteiger partial charge in [-0.2, -0.15) is 5.10 Å². The zero-order valence-electron chi connectivity index (χ0n) is 7.32. The van der Waals surface area contributed by atoms with Crippen LogP contribution in [0, 0.1) is 0 Å². The van der Waals surface area contributed by atoms with E-state index in [9.17, 15) is 4.79 Å². The molecule has 5 nitrogen and oxygen atoms in total. The van der Waals surface area contributed by atoms with E-state index in [0.29, 0.717) is 5.69 Å². The second-order valence-electron chi connectivity index (χ2n) is 2.88. The summed E-state index contributed by atoms with van der Waals surface area (Å²) in [5.41, 5.74) is 1.49. The Morgan fingerprint density at radius 1 is 1.57 bits per heavy atom. The lowest BCUT2D eigenvalue weighted by Gasteiger charge is -2.01. The third-order valence-corrected chi connectivity index (χ3v) is 1.87. The quantitative estimate of drug-likeness (QED) is 0.646. The molecule has 1 aromatic carbocycles. The molecule has 1 amide bonds. The second-order valence-corrected chi connectivity index (χ2v) is 2.88. The summed E-state index contributed by atoms with van der Waals surface area (Å²) in [4.78, 5) is 10.9. The fourth-order valence-electron chi connectivity index (χ4n) is 1.22. The molecule has 0 spiro atoms. The van der Waals surface area contributed by atoms with Crippen LogP contribution >= 0.6 is 0 Å². The van der Waals surface area contributed by atoms with E-state index in [4.69, 9.17) is 5.11 Å². The predicted octanol–water partition coefficient (Wildman–Crippen LogP) is 0.494. The van der Waals surface area contributed by atoms with E-state index >= 15 is 0 Å². The maximum atomic E-state index is 10.9. The number of aromatic nitrogens is 2. The van der Waals surface area contributed by atoms with Crippen LogP contribution in [0.4, 0.5) is 5.69 Å². The predicted molar refractivity (Wildman–Crippen MR) is 51.8 cm³/mol. The molecule has 2 aromatic rings. The lowest BCUT2D eigenvalue weighted by atomic mass is 10.2. The number of amides is 1. The van der Waals surface area contributed by atoms with Crippen LogP contribution in [0.5, 0.6) is 0 Å². The molecule has 72 valence electrons. The molecule has 14 heavy (non-hydrogen) atoms. The summed E-state index contributed by atoms with van der Waals surface area (Å²) in [5, 5.41) is 18.7. The molecule has 5 heteroatoms. The number of rotatable bonds is 2. The Morgan fingerprint density at radius 2 is 2.43 bits per heavy atom. The van der Waals surface area contributed by atoms with Gasteiger partial charge in [-0.15, -0.1) is 0 Å². The first kappa shape index (κ1) is 8.71. The number of hydrogen-bond acceptors (Lipinski definition) is 3. The number of benzene rings is 1. The van der Waals surface area contributed by atoms with Crippen molar-refractivity contribution in [2.75, 3.05) is 11.9 Å². The van der Waals surface area contributed by atoms with Gasteiger partial charge in [0.15, 0.2) is 0 Å². The zero-order valence-corrected chi connectivity index (χ0v) is 7.32. The van der Waals surface area contributed by atoms with Gasteiger partial charge in [0.25, 0.3) is 0 Å². The summed E-state index contributed by atoms with van der Waals surface area (Å²) >= 11 is 0. The Labute approximate surface area is 79.7 Å². The van der Waals surface area contributed by atoms with Gasteiger partial charge in [-0.25, -0.2) is 0 Å². The van der Waals surface area contributed by atoms with Crippen molar-refractivity contribution >= 4 is 22.5 Å². The maximum Gasteiger partial charge on any atom is 0.250 e. The second kappa shape index (κ2) is 3.47. The molecule has 3 N–H and O–H groups in total. The summed E-state index contributed by atoms with van der Waals surface area (Å²) in [6, 6.07) is 5.35. The SMILES string of the molecule is O=C(CO)Nc1ccc2cn[nH]c2c1. The average molecular weight is 191 g/mol. The first-order valence-corrected chi connectivity index (χ1v) is 4.13. The number of aromatic amines is 1. The van der Waals surface area contributed by atoms with Gasteiger partial charge >= 0.3 is 0 Å². The van der Waals surface area contributed by atoms with Crippen molar-refractivity contribution in [2.24, 2.45) is 0 Å². The first-order valence-electron chi connectivity index (χ1n) is 4.13. The van der Waals surface area contributed by atoms with Gasteiger partial charge in [0, 0.05) is 11.1 Å². The number of aliphatic hydroxyl groups excluding tert-OH is 1. The van der Waals surface area contributed by atoms with E-state index in [2.05, 4.69) is 15.5 Å². The molecule has 0 saturated carbocycles. The van der Waals surface area contributed by atoms with Crippen LogP contribution in [0.25, 0.3) is 10.9 Å². The summed E-state index contributed by atoms with van der Waals surface area (Å²) in [6.45, 7) is -0.513. The molecule has 0 aliphatic heterocycles. The van der Waals surface area contributed by atoms with Gasteiger partial charge in [-0.1, -0.05) is 0 Å². The van der Waals surface area contributed by atoms with E-state index in [-0.39, 0.29) is 0 Å². The van der Waals surface area contributed by atoms with Crippen molar-refractivity contribution < 1.29 is 9.90 Å². The minimum absolute atomic E-state index is 0.427. The summed E-state index contributed by atoms with van der Waals surface area (Å²) in [5.74, 6) is -0.427. The lowest BCUT2D eigenvalue weighted by molar-refractivity contribution is -0.118. The van der Waals surface area contributed by atoms with Crippen LogP contribution in [0.15, 0.2) is 24.4 Å². The Balaban J connectivity index is 2.30. The van der Waals surface area contributed by atoms with Crippen molar-refractivity contribution in [3.05, 3.63) is 24.4 Å². The lowest BCUT2D eigenvalue weighted by Crippen LogP contribution is -2.15. The number of nitrogens with one attached hydrogen (secondary N) is 2. The van der Waals surface area contributed by atoms with Crippen molar-refractivity contribution in [3.63, 3.8) is 0 Å².